The molecule has 9 nitrogen and oxygen atoms in total. The molecule has 0 saturated carbocycles. The summed E-state index contributed by atoms with van der Waals surface area (Å²) in [6.45, 7) is 4.52. The van der Waals surface area contributed by atoms with Crippen LogP contribution in [0.1, 0.15) is 16.3 Å². The number of benzene rings is 1. The standard InChI is InChI=1S/C18H19N5O4/c1-12-19-14(9-17(20-12)23-6-4-22(10-24)5-7-23)18(25)21-13-2-3-15-16(8-13)27-11-26-15/h2-3,8-10H,4-7,11H2,1H3,(H,21,25). The Bertz CT molecular complexity index is 880. The van der Waals surface area contributed by atoms with Crippen LogP contribution in [0.2, 0.25) is 0 Å². The van der Waals surface area contributed by atoms with Crippen LogP contribution in [0.25, 0.3) is 0 Å². The van der Waals surface area contributed by atoms with Gasteiger partial charge in [-0.15, -0.1) is 0 Å². The molecule has 9 heteroatoms. The summed E-state index contributed by atoms with van der Waals surface area (Å²) < 4.78 is 10.6. The molecule has 1 saturated heterocycles. The highest BCUT2D eigenvalue weighted by Crippen LogP contribution is 2.34. The van der Waals surface area contributed by atoms with E-state index in [2.05, 4.69) is 15.3 Å². The minimum Gasteiger partial charge on any atom is -0.454 e. The largest absolute Gasteiger partial charge is 0.454 e. The number of hydrogen-bond donors (Lipinski definition) is 1. The van der Waals surface area contributed by atoms with Gasteiger partial charge in [0.25, 0.3) is 5.91 Å². The quantitative estimate of drug-likeness (QED) is 0.805. The van der Waals surface area contributed by atoms with Crippen molar-refractivity contribution in [2.24, 2.45) is 0 Å². The minimum atomic E-state index is -0.327. The number of nitrogens with one attached hydrogen (secondary N) is 1. The molecule has 3 heterocycles. The molecule has 1 N–H and O–H groups in total. The first-order valence-corrected chi connectivity index (χ1v) is 8.63. The number of aryl methyl sites for hydroxylation is 1. The van der Waals surface area contributed by atoms with E-state index in [1.165, 1.54) is 0 Å². The lowest BCUT2D eigenvalue weighted by atomic mass is 10.2. The second kappa shape index (κ2) is 7.10. The van der Waals surface area contributed by atoms with Gasteiger partial charge in [0.2, 0.25) is 13.2 Å². The number of anilines is 2. The fourth-order valence-corrected chi connectivity index (χ4v) is 3.06. The minimum absolute atomic E-state index is 0.179. The van der Waals surface area contributed by atoms with Crippen molar-refractivity contribution in [2.75, 3.05) is 43.2 Å². The molecule has 0 radical (unpaired) electrons. The Balaban J connectivity index is 1.50. The van der Waals surface area contributed by atoms with Crippen LogP contribution >= 0.6 is 0 Å². The van der Waals surface area contributed by atoms with Gasteiger partial charge in [0, 0.05) is 44.0 Å². The Morgan fingerprint density at radius 2 is 1.89 bits per heavy atom. The molecule has 2 aliphatic rings. The number of hydrogen-bond acceptors (Lipinski definition) is 7. The number of fused-ring (bicyclic) bond motifs is 1. The van der Waals surface area contributed by atoms with Crippen molar-refractivity contribution < 1.29 is 19.1 Å². The zero-order valence-corrected chi connectivity index (χ0v) is 14.8. The van der Waals surface area contributed by atoms with Crippen molar-refractivity contribution in [3.8, 4) is 11.5 Å². The van der Waals surface area contributed by atoms with Crippen LogP contribution in [0.4, 0.5) is 11.5 Å². The molecule has 1 fully saturated rings. The Morgan fingerprint density at radius 1 is 1.11 bits per heavy atom. The van der Waals surface area contributed by atoms with E-state index in [-0.39, 0.29) is 18.4 Å². The fraction of sp³-hybridized carbons (Fsp3) is 0.333. The van der Waals surface area contributed by atoms with Crippen molar-refractivity contribution >= 4 is 23.8 Å². The first-order chi connectivity index (χ1) is 13.1. The van der Waals surface area contributed by atoms with Crippen LogP contribution in [0.15, 0.2) is 24.3 Å². The summed E-state index contributed by atoms with van der Waals surface area (Å²) >= 11 is 0. The highest BCUT2D eigenvalue weighted by Gasteiger charge is 2.20. The zero-order chi connectivity index (χ0) is 18.8. The third-order valence-electron chi connectivity index (χ3n) is 4.47. The molecule has 2 aromatic rings. The second-order valence-corrected chi connectivity index (χ2v) is 6.31. The molecule has 1 aromatic heterocycles. The number of carbonyl (C=O) groups is 2. The van der Waals surface area contributed by atoms with E-state index in [0.29, 0.717) is 55.0 Å². The predicted octanol–water partition coefficient (Wildman–Crippen LogP) is 1.04. The lowest BCUT2D eigenvalue weighted by Crippen LogP contribution is -2.46. The molecule has 0 atom stereocenters. The predicted molar refractivity (Wildman–Crippen MR) is 97.1 cm³/mol. The first-order valence-electron chi connectivity index (χ1n) is 8.63. The maximum Gasteiger partial charge on any atom is 0.274 e. The van der Waals surface area contributed by atoms with Gasteiger partial charge in [-0.2, -0.15) is 0 Å². The fourth-order valence-electron chi connectivity index (χ4n) is 3.06. The summed E-state index contributed by atoms with van der Waals surface area (Å²) in [7, 11) is 0. The van der Waals surface area contributed by atoms with Gasteiger partial charge in [0.05, 0.1) is 0 Å². The molecule has 0 aliphatic carbocycles. The van der Waals surface area contributed by atoms with E-state index in [9.17, 15) is 9.59 Å². The molecule has 4 rings (SSSR count). The van der Waals surface area contributed by atoms with E-state index >= 15 is 0 Å². The van der Waals surface area contributed by atoms with E-state index in [0.717, 1.165) is 6.41 Å². The molecule has 27 heavy (non-hydrogen) atoms. The highest BCUT2D eigenvalue weighted by molar-refractivity contribution is 6.03. The maximum absolute atomic E-state index is 12.7. The van der Waals surface area contributed by atoms with Gasteiger partial charge in [0.1, 0.15) is 17.3 Å². The molecular weight excluding hydrogens is 350 g/mol. The number of carbonyl (C=O) groups excluding carboxylic acids is 2. The summed E-state index contributed by atoms with van der Waals surface area (Å²) in [6.07, 6.45) is 0.854. The van der Waals surface area contributed by atoms with Crippen molar-refractivity contribution in [1.29, 1.82) is 0 Å². The van der Waals surface area contributed by atoms with E-state index in [1.54, 1.807) is 36.1 Å². The van der Waals surface area contributed by atoms with Crippen LogP contribution in [0.5, 0.6) is 11.5 Å². The zero-order valence-electron chi connectivity index (χ0n) is 14.8. The molecule has 0 unspecified atom stereocenters. The van der Waals surface area contributed by atoms with Crippen molar-refractivity contribution in [2.45, 2.75) is 6.92 Å². The first kappa shape index (κ1) is 17.1. The molecule has 1 aromatic carbocycles. The average molecular weight is 369 g/mol. The Hall–Kier alpha value is -3.36. The van der Waals surface area contributed by atoms with Gasteiger partial charge in [-0.05, 0) is 19.1 Å². The van der Waals surface area contributed by atoms with Gasteiger partial charge < -0.3 is 24.6 Å². The smallest absolute Gasteiger partial charge is 0.274 e. The SMILES string of the molecule is Cc1nc(C(=O)Nc2ccc3c(c2)OCO3)cc(N2CCN(C=O)CC2)n1. The van der Waals surface area contributed by atoms with Crippen LogP contribution in [0.3, 0.4) is 0 Å². The number of ether oxygens (including phenoxy) is 2. The Labute approximate surface area is 155 Å². The maximum atomic E-state index is 12.7. The molecule has 0 bridgehead atoms. The third-order valence-corrected chi connectivity index (χ3v) is 4.47. The number of amides is 2. The number of rotatable bonds is 4. The summed E-state index contributed by atoms with van der Waals surface area (Å²) in [5, 5.41) is 2.82. The topological polar surface area (TPSA) is 96.9 Å². The van der Waals surface area contributed by atoms with Crippen molar-refractivity contribution in [1.82, 2.24) is 14.9 Å². The molecule has 0 spiro atoms. The normalized spacial score (nSPS) is 15.6. The van der Waals surface area contributed by atoms with Crippen molar-refractivity contribution in [3.05, 3.63) is 35.8 Å². The Morgan fingerprint density at radius 3 is 2.67 bits per heavy atom. The lowest BCUT2D eigenvalue weighted by Gasteiger charge is -2.33. The van der Waals surface area contributed by atoms with E-state index < -0.39 is 0 Å². The molecule has 2 aliphatic heterocycles. The highest BCUT2D eigenvalue weighted by atomic mass is 16.7. The molecule has 2 amide bonds. The molecule has 140 valence electrons. The summed E-state index contributed by atoms with van der Waals surface area (Å²) in [6, 6.07) is 6.89. The van der Waals surface area contributed by atoms with E-state index in [1.807, 2.05) is 4.90 Å². The summed E-state index contributed by atoms with van der Waals surface area (Å²) in [5.41, 5.74) is 0.884. The number of nitrogens with zero attached hydrogens (tertiary/aromatic N) is 4. The number of piperazine rings is 1. The molecular formula is C18H19N5O4. The van der Waals surface area contributed by atoms with Crippen LogP contribution in [-0.4, -0.2) is 60.2 Å². The van der Waals surface area contributed by atoms with Crippen LogP contribution in [-0.2, 0) is 4.79 Å². The van der Waals surface area contributed by atoms with Gasteiger partial charge in [-0.1, -0.05) is 0 Å². The van der Waals surface area contributed by atoms with Gasteiger partial charge in [-0.25, -0.2) is 9.97 Å². The lowest BCUT2D eigenvalue weighted by molar-refractivity contribution is -0.118. The second-order valence-electron chi connectivity index (χ2n) is 6.31. The van der Waals surface area contributed by atoms with Gasteiger partial charge in [-0.3, -0.25) is 9.59 Å². The Kier molecular flexibility index (Phi) is 4.49. The van der Waals surface area contributed by atoms with Crippen LogP contribution in [0, 0.1) is 6.92 Å². The van der Waals surface area contributed by atoms with E-state index in [4.69, 9.17) is 9.47 Å². The third kappa shape index (κ3) is 3.62. The summed E-state index contributed by atoms with van der Waals surface area (Å²) in [5.74, 6) is 2.13. The van der Waals surface area contributed by atoms with Crippen molar-refractivity contribution in [3.63, 3.8) is 0 Å². The van der Waals surface area contributed by atoms with Crippen LogP contribution < -0.4 is 19.7 Å². The summed E-state index contributed by atoms with van der Waals surface area (Å²) in [4.78, 5) is 36.0. The monoisotopic (exact) mass is 369 g/mol. The van der Waals surface area contributed by atoms with Gasteiger partial charge >= 0.3 is 0 Å². The van der Waals surface area contributed by atoms with Gasteiger partial charge in [0.15, 0.2) is 11.5 Å². The number of aromatic nitrogens is 2. The average Bonchev–Trinajstić information content (AvgIpc) is 3.15.